The van der Waals surface area contributed by atoms with Gasteiger partial charge in [0.2, 0.25) is 5.91 Å². The van der Waals surface area contributed by atoms with Gasteiger partial charge < -0.3 is 20.8 Å². The fraction of sp³-hybridized carbons (Fsp3) is 0.250. The van der Waals surface area contributed by atoms with E-state index in [1.807, 2.05) is 0 Å². The highest BCUT2D eigenvalue weighted by Gasteiger charge is 2.16. The second-order valence-electron chi connectivity index (χ2n) is 4.89. The van der Waals surface area contributed by atoms with Crippen molar-refractivity contribution in [3.63, 3.8) is 0 Å². The number of benzene rings is 1. The van der Waals surface area contributed by atoms with Crippen molar-refractivity contribution in [3.05, 3.63) is 59.5 Å². The number of carbonyl (C=O) groups is 2. The normalized spacial score (nSPS) is 11.7. The summed E-state index contributed by atoms with van der Waals surface area (Å²) in [6, 6.07) is 9.82. The molecule has 2 rings (SSSR count). The number of carbonyl (C=O) groups excluding carboxylic acids is 2. The Bertz CT molecular complexity index is 621. The van der Waals surface area contributed by atoms with E-state index in [0.29, 0.717) is 17.9 Å². The molecule has 0 spiro atoms. The smallest absolute Gasteiger partial charge is 0.251 e. The minimum absolute atomic E-state index is 0.275. The Labute approximate surface area is 128 Å². The Kier molecular flexibility index (Phi) is 5.32. The maximum absolute atomic E-state index is 12.1. The van der Waals surface area contributed by atoms with Crippen LogP contribution < -0.4 is 16.4 Å². The molecule has 0 saturated carbocycles. The summed E-state index contributed by atoms with van der Waals surface area (Å²) in [7, 11) is 0. The zero-order valence-electron chi connectivity index (χ0n) is 12.3. The van der Waals surface area contributed by atoms with Crippen LogP contribution in [-0.4, -0.2) is 17.9 Å². The van der Waals surface area contributed by atoms with E-state index in [-0.39, 0.29) is 18.4 Å². The zero-order chi connectivity index (χ0) is 15.9. The second-order valence-corrected chi connectivity index (χ2v) is 4.89. The molecule has 0 radical (unpaired) electrons. The van der Waals surface area contributed by atoms with Gasteiger partial charge in [0.05, 0.1) is 12.8 Å². The van der Waals surface area contributed by atoms with Crippen LogP contribution in [-0.2, 0) is 17.9 Å². The summed E-state index contributed by atoms with van der Waals surface area (Å²) in [6.45, 7) is 2.34. The third-order valence-corrected chi connectivity index (χ3v) is 3.21. The number of amides is 2. The maximum atomic E-state index is 12.1. The number of furan rings is 1. The lowest BCUT2D eigenvalue weighted by atomic mass is 10.1. The summed E-state index contributed by atoms with van der Waals surface area (Å²) in [6.07, 6.45) is 1.54. The van der Waals surface area contributed by atoms with Crippen LogP contribution in [0.4, 0.5) is 0 Å². The molecule has 1 atom stereocenters. The molecule has 1 unspecified atom stereocenters. The molecule has 0 fully saturated rings. The van der Waals surface area contributed by atoms with Gasteiger partial charge in [-0.3, -0.25) is 9.59 Å². The average molecular weight is 301 g/mol. The minimum atomic E-state index is -0.642. The number of rotatable bonds is 6. The van der Waals surface area contributed by atoms with E-state index in [9.17, 15) is 9.59 Å². The molecule has 0 aliphatic heterocycles. The van der Waals surface area contributed by atoms with Crippen molar-refractivity contribution in [2.75, 3.05) is 0 Å². The van der Waals surface area contributed by atoms with Crippen molar-refractivity contribution < 1.29 is 14.0 Å². The second kappa shape index (κ2) is 7.42. The van der Waals surface area contributed by atoms with Crippen molar-refractivity contribution in [2.45, 2.75) is 26.1 Å². The lowest BCUT2D eigenvalue weighted by molar-refractivity contribution is -0.122. The maximum Gasteiger partial charge on any atom is 0.251 e. The molecule has 4 N–H and O–H groups in total. The number of nitrogens with two attached hydrogens (primary N) is 1. The lowest BCUT2D eigenvalue weighted by Crippen LogP contribution is -2.44. The van der Waals surface area contributed by atoms with E-state index in [1.165, 1.54) is 6.26 Å². The minimum Gasteiger partial charge on any atom is -0.467 e. The molecular formula is C16H19N3O3. The standard InChI is InChI=1S/C16H19N3O3/c1-11(15(20)18-10-14-3-2-8-22-14)19-16(21)13-6-4-12(9-17)5-7-13/h2-8,11H,9-10,17H2,1H3,(H,18,20)(H,19,21). The van der Waals surface area contributed by atoms with Crippen LogP contribution in [0.2, 0.25) is 0 Å². The predicted octanol–water partition coefficient (Wildman–Crippen LogP) is 1.17. The van der Waals surface area contributed by atoms with E-state index >= 15 is 0 Å². The van der Waals surface area contributed by atoms with Gasteiger partial charge in [-0.15, -0.1) is 0 Å². The van der Waals surface area contributed by atoms with Crippen LogP contribution in [0.5, 0.6) is 0 Å². The van der Waals surface area contributed by atoms with Crippen molar-refractivity contribution in [1.29, 1.82) is 0 Å². The van der Waals surface area contributed by atoms with Crippen LogP contribution in [0.3, 0.4) is 0 Å². The molecule has 0 bridgehead atoms. The van der Waals surface area contributed by atoms with Crippen molar-refractivity contribution in [2.24, 2.45) is 5.73 Å². The quantitative estimate of drug-likeness (QED) is 0.746. The first-order valence-corrected chi connectivity index (χ1v) is 7.00. The van der Waals surface area contributed by atoms with Crippen LogP contribution in [0.15, 0.2) is 47.1 Å². The molecule has 0 saturated heterocycles. The van der Waals surface area contributed by atoms with Crippen molar-refractivity contribution in [1.82, 2.24) is 10.6 Å². The van der Waals surface area contributed by atoms with Gasteiger partial charge in [0.15, 0.2) is 0 Å². The van der Waals surface area contributed by atoms with Gasteiger partial charge in [-0.25, -0.2) is 0 Å². The Morgan fingerprint density at radius 2 is 1.95 bits per heavy atom. The summed E-state index contributed by atoms with van der Waals surface area (Å²) in [5.41, 5.74) is 6.94. The third kappa shape index (κ3) is 4.20. The first-order valence-electron chi connectivity index (χ1n) is 7.00. The number of nitrogens with one attached hydrogen (secondary N) is 2. The summed E-state index contributed by atoms with van der Waals surface area (Å²) < 4.78 is 5.12. The molecule has 1 aromatic heterocycles. The van der Waals surface area contributed by atoms with Gasteiger partial charge in [-0.1, -0.05) is 12.1 Å². The summed E-state index contributed by atoms with van der Waals surface area (Å²) in [5.74, 6) is 0.0804. The van der Waals surface area contributed by atoms with Crippen LogP contribution >= 0.6 is 0 Å². The average Bonchev–Trinajstić information content (AvgIpc) is 3.06. The molecule has 6 nitrogen and oxygen atoms in total. The monoisotopic (exact) mass is 301 g/mol. The molecule has 2 aromatic rings. The summed E-state index contributed by atoms with van der Waals surface area (Å²) in [4.78, 5) is 24.0. The lowest BCUT2D eigenvalue weighted by Gasteiger charge is -2.13. The van der Waals surface area contributed by atoms with Crippen LogP contribution in [0, 0.1) is 0 Å². The number of hydrogen-bond donors (Lipinski definition) is 3. The molecule has 1 aromatic carbocycles. The molecular weight excluding hydrogens is 282 g/mol. The van der Waals surface area contributed by atoms with Crippen LogP contribution in [0.1, 0.15) is 28.6 Å². The highest BCUT2D eigenvalue weighted by molar-refractivity contribution is 5.97. The van der Waals surface area contributed by atoms with E-state index in [4.69, 9.17) is 10.2 Å². The summed E-state index contributed by atoms with van der Waals surface area (Å²) in [5, 5.41) is 5.35. The van der Waals surface area contributed by atoms with Crippen molar-refractivity contribution in [3.8, 4) is 0 Å². The SMILES string of the molecule is CC(NC(=O)c1ccc(CN)cc1)C(=O)NCc1ccco1. The Morgan fingerprint density at radius 3 is 2.55 bits per heavy atom. The number of hydrogen-bond acceptors (Lipinski definition) is 4. The Balaban J connectivity index is 1.85. The fourth-order valence-corrected chi connectivity index (χ4v) is 1.88. The topological polar surface area (TPSA) is 97.4 Å². The molecule has 2 amide bonds. The Hall–Kier alpha value is -2.60. The van der Waals surface area contributed by atoms with E-state index in [2.05, 4.69) is 10.6 Å². The van der Waals surface area contributed by atoms with Gasteiger partial charge in [-0.2, -0.15) is 0 Å². The molecule has 0 aliphatic rings. The highest BCUT2D eigenvalue weighted by atomic mass is 16.3. The van der Waals surface area contributed by atoms with E-state index in [0.717, 1.165) is 5.56 Å². The highest BCUT2D eigenvalue weighted by Crippen LogP contribution is 2.04. The fourth-order valence-electron chi connectivity index (χ4n) is 1.88. The molecule has 1 heterocycles. The van der Waals surface area contributed by atoms with Crippen molar-refractivity contribution >= 4 is 11.8 Å². The van der Waals surface area contributed by atoms with Gasteiger partial charge in [-0.05, 0) is 36.8 Å². The largest absolute Gasteiger partial charge is 0.467 e. The molecule has 0 aliphatic carbocycles. The Morgan fingerprint density at radius 1 is 1.23 bits per heavy atom. The van der Waals surface area contributed by atoms with Crippen LogP contribution in [0.25, 0.3) is 0 Å². The predicted molar refractivity (Wildman–Crippen MR) is 81.8 cm³/mol. The summed E-state index contributed by atoms with van der Waals surface area (Å²) >= 11 is 0. The first-order chi connectivity index (χ1) is 10.6. The molecule has 116 valence electrons. The molecule has 22 heavy (non-hydrogen) atoms. The third-order valence-electron chi connectivity index (χ3n) is 3.21. The zero-order valence-corrected chi connectivity index (χ0v) is 12.3. The van der Waals surface area contributed by atoms with Gasteiger partial charge >= 0.3 is 0 Å². The first kappa shape index (κ1) is 15.8. The van der Waals surface area contributed by atoms with Gasteiger partial charge in [0.25, 0.3) is 5.91 Å². The van der Waals surface area contributed by atoms with Gasteiger partial charge in [0, 0.05) is 12.1 Å². The molecule has 6 heteroatoms. The van der Waals surface area contributed by atoms with E-state index in [1.54, 1.807) is 43.3 Å². The van der Waals surface area contributed by atoms with E-state index < -0.39 is 6.04 Å². The van der Waals surface area contributed by atoms with Gasteiger partial charge in [0.1, 0.15) is 11.8 Å².